The molecule has 4 rings (SSSR count). The largest absolute Gasteiger partial charge is 0.503 e. The zero-order chi connectivity index (χ0) is 23.9. The number of aromatic nitrogens is 1. The number of rotatable bonds is 5. The highest BCUT2D eigenvalue weighted by atomic mass is 35.5. The maximum atomic E-state index is 14.1. The first-order valence-corrected chi connectivity index (χ1v) is 11.3. The lowest BCUT2D eigenvalue weighted by atomic mass is 10.1. The van der Waals surface area contributed by atoms with Crippen molar-refractivity contribution < 1.29 is 19.1 Å². The third kappa shape index (κ3) is 4.35. The summed E-state index contributed by atoms with van der Waals surface area (Å²) in [5, 5.41) is 13.0. The Hall–Kier alpha value is -2.91. The fraction of sp³-hybridized carbons (Fsp3) is 0.435. The minimum absolute atomic E-state index is 0.0743. The molecule has 0 saturated carbocycles. The van der Waals surface area contributed by atoms with Crippen LogP contribution >= 0.6 is 11.6 Å². The van der Waals surface area contributed by atoms with E-state index in [2.05, 4.69) is 24.1 Å². The van der Waals surface area contributed by atoms with Crippen molar-refractivity contribution in [1.29, 1.82) is 0 Å². The van der Waals surface area contributed by atoms with Gasteiger partial charge in [-0.05, 0) is 18.4 Å². The van der Waals surface area contributed by atoms with Gasteiger partial charge < -0.3 is 19.9 Å². The van der Waals surface area contributed by atoms with Crippen LogP contribution in [0, 0.1) is 11.7 Å². The molecule has 2 N–H and O–H groups in total. The average molecular weight is 477 g/mol. The van der Waals surface area contributed by atoms with E-state index < -0.39 is 28.8 Å². The molecule has 3 heterocycles. The SMILES string of the molecule is CC(C)CN1CCCN2C(=O)c3c(O)c(=O)c(C(=O)NCc4cccc(Cl)c4F)cn3CC12. The number of amides is 2. The molecule has 2 amide bonds. The van der Waals surface area contributed by atoms with Crippen LogP contribution in [0.2, 0.25) is 5.02 Å². The minimum atomic E-state index is -0.937. The Morgan fingerprint density at radius 2 is 2.06 bits per heavy atom. The lowest BCUT2D eigenvalue weighted by Crippen LogP contribution is -2.61. The van der Waals surface area contributed by atoms with E-state index in [0.29, 0.717) is 19.0 Å². The van der Waals surface area contributed by atoms with Gasteiger partial charge in [-0.15, -0.1) is 0 Å². The summed E-state index contributed by atoms with van der Waals surface area (Å²) in [7, 11) is 0. The zero-order valence-electron chi connectivity index (χ0n) is 18.5. The van der Waals surface area contributed by atoms with Crippen LogP contribution in [-0.4, -0.2) is 57.1 Å². The monoisotopic (exact) mass is 476 g/mol. The summed E-state index contributed by atoms with van der Waals surface area (Å²) < 4.78 is 15.6. The highest BCUT2D eigenvalue weighted by Crippen LogP contribution is 2.28. The molecule has 1 aromatic heterocycles. The molecule has 0 radical (unpaired) electrons. The van der Waals surface area contributed by atoms with Crippen LogP contribution in [0.25, 0.3) is 0 Å². The summed E-state index contributed by atoms with van der Waals surface area (Å²) in [6.07, 6.45) is 1.89. The molecule has 0 spiro atoms. The number of carbonyl (C=O) groups excluding carboxylic acids is 2. The second-order valence-corrected chi connectivity index (χ2v) is 9.25. The van der Waals surface area contributed by atoms with Crippen molar-refractivity contribution in [2.75, 3.05) is 19.6 Å². The predicted octanol–water partition coefficient (Wildman–Crippen LogP) is 2.42. The van der Waals surface area contributed by atoms with Crippen LogP contribution in [0.3, 0.4) is 0 Å². The van der Waals surface area contributed by atoms with Gasteiger partial charge in [0.15, 0.2) is 11.4 Å². The summed E-state index contributed by atoms with van der Waals surface area (Å²) in [5.74, 6) is -2.21. The van der Waals surface area contributed by atoms with Crippen LogP contribution < -0.4 is 10.7 Å². The third-order valence-electron chi connectivity index (χ3n) is 6.02. The lowest BCUT2D eigenvalue weighted by Gasteiger charge is -2.47. The summed E-state index contributed by atoms with van der Waals surface area (Å²) in [6, 6.07) is 4.42. The normalized spacial score (nSPS) is 18.3. The molecular formula is C23H26ClFN4O4. The molecule has 176 valence electrons. The van der Waals surface area contributed by atoms with E-state index in [4.69, 9.17) is 11.6 Å². The topological polar surface area (TPSA) is 94.9 Å². The first-order valence-electron chi connectivity index (χ1n) is 10.9. The Kier molecular flexibility index (Phi) is 6.45. The number of benzene rings is 1. The van der Waals surface area contributed by atoms with Crippen molar-refractivity contribution in [3.63, 3.8) is 0 Å². The smallest absolute Gasteiger partial charge is 0.275 e. The molecule has 10 heteroatoms. The van der Waals surface area contributed by atoms with Crippen LogP contribution in [-0.2, 0) is 13.1 Å². The number of aromatic hydroxyl groups is 1. The van der Waals surface area contributed by atoms with Crippen molar-refractivity contribution in [1.82, 2.24) is 19.7 Å². The molecule has 0 aliphatic carbocycles. The van der Waals surface area contributed by atoms with Crippen molar-refractivity contribution in [2.45, 2.75) is 39.5 Å². The Labute approximate surface area is 195 Å². The number of carbonyl (C=O) groups is 2. The van der Waals surface area contributed by atoms with Gasteiger partial charge in [-0.25, -0.2) is 4.39 Å². The second kappa shape index (κ2) is 9.15. The molecule has 1 saturated heterocycles. The van der Waals surface area contributed by atoms with Gasteiger partial charge in [0.2, 0.25) is 5.43 Å². The van der Waals surface area contributed by atoms with Crippen LogP contribution in [0.5, 0.6) is 5.75 Å². The highest BCUT2D eigenvalue weighted by Gasteiger charge is 2.40. The van der Waals surface area contributed by atoms with Gasteiger partial charge in [0.05, 0.1) is 11.6 Å². The zero-order valence-corrected chi connectivity index (χ0v) is 19.2. The van der Waals surface area contributed by atoms with E-state index in [-0.39, 0.29) is 34.6 Å². The summed E-state index contributed by atoms with van der Waals surface area (Å²) in [4.78, 5) is 42.5. The van der Waals surface area contributed by atoms with Crippen LogP contribution in [0.15, 0.2) is 29.2 Å². The maximum Gasteiger partial charge on any atom is 0.275 e. The van der Waals surface area contributed by atoms with Gasteiger partial charge in [-0.2, -0.15) is 0 Å². The Morgan fingerprint density at radius 1 is 1.30 bits per heavy atom. The molecule has 1 atom stereocenters. The first kappa shape index (κ1) is 23.3. The first-order chi connectivity index (χ1) is 15.7. The van der Waals surface area contributed by atoms with Crippen molar-refractivity contribution in [3.8, 4) is 5.75 Å². The Balaban J connectivity index is 1.63. The van der Waals surface area contributed by atoms with Crippen molar-refractivity contribution in [2.24, 2.45) is 5.92 Å². The molecule has 2 aliphatic rings. The Bertz CT molecular complexity index is 1170. The molecule has 2 aliphatic heterocycles. The molecule has 2 aromatic rings. The van der Waals surface area contributed by atoms with E-state index in [0.717, 1.165) is 19.5 Å². The van der Waals surface area contributed by atoms with Crippen molar-refractivity contribution >= 4 is 23.4 Å². The summed E-state index contributed by atoms with van der Waals surface area (Å²) in [5.41, 5.74) is -1.20. The van der Waals surface area contributed by atoms with Crippen LogP contribution in [0.1, 0.15) is 46.7 Å². The summed E-state index contributed by atoms with van der Waals surface area (Å²) in [6.45, 7) is 6.52. The number of fused-ring (bicyclic) bond motifs is 2. The standard InChI is InChI=1S/C23H26ClFN4O4/c1-13(2)10-27-7-4-8-29-17(27)12-28-11-15(20(30)21(31)19(28)23(29)33)22(32)26-9-14-5-3-6-16(24)18(14)25/h3,5-6,11,13,17,31H,4,7-10,12H2,1-2H3,(H,26,32). The van der Waals surface area contributed by atoms with E-state index in [1.807, 2.05) is 0 Å². The summed E-state index contributed by atoms with van der Waals surface area (Å²) >= 11 is 5.77. The van der Waals surface area contributed by atoms with E-state index >= 15 is 0 Å². The van der Waals surface area contributed by atoms with Gasteiger partial charge >= 0.3 is 0 Å². The van der Waals surface area contributed by atoms with Crippen LogP contribution in [0.4, 0.5) is 4.39 Å². The van der Waals surface area contributed by atoms with Gasteiger partial charge in [-0.3, -0.25) is 19.3 Å². The fourth-order valence-corrected chi connectivity index (χ4v) is 4.71. The highest BCUT2D eigenvalue weighted by molar-refractivity contribution is 6.30. The van der Waals surface area contributed by atoms with Gasteiger partial charge in [0.1, 0.15) is 17.5 Å². The van der Waals surface area contributed by atoms with E-state index in [1.165, 1.54) is 22.9 Å². The van der Waals surface area contributed by atoms with Crippen molar-refractivity contribution in [3.05, 3.63) is 62.3 Å². The number of halogens is 2. The molecule has 8 nitrogen and oxygen atoms in total. The number of nitrogens with zero attached hydrogens (tertiary/aromatic N) is 3. The number of hydrogen-bond donors (Lipinski definition) is 2. The van der Waals surface area contributed by atoms with Gasteiger partial charge in [-0.1, -0.05) is 37.6 Å². The maximum absolute atomic E-state index is 14.1. The molecule has 1 fully saturated rings. The molecule has 33 heavy (non-hydrogen) atoms. The Morgan fingerprint density at radius 3 is 2.79 bits per heavy atom. The lowest BCUT2D eigenvalue weighted by molar-refractivity contribution is -0.0146. The van der Waals surface area contributed by atoms with Gasteiger partial charge in [0.25, 0.3) is 11.8 Å². The number of nitrogens with one attached hydrogen (secondary N) is 1. The fourth-order valence-electron chi connectivity index (χ4n) is 4.52. The molecule has 1 unspecified atom stereocenters. The van der Waals surface area contributed by atoms with E-state index in [9.17, 15) is 23.9 Å². The van der Waals surface area contributed by atoms with E-state index in [1.54, 1.807) is 11.0 Å². The average Bonchev–Trinajstić information content (AvgIpc) is 2.77. The third-order valence-corrected chi connectivity index (χ3v) is 6.31. The number of pyridine rings is 1. The quantitative estimate of drug-likeness (QED) is 0.691. The molecule has 1 aromatic carbocycles. The van der Waals surface area contributed by atoms with Gasteiger partial charge in [0, 0.05) is 37.9 Å². The molecule has 0 bridgehead atoms. The number of hydrogen-bond acceptors (Lipinski definition) is 5. The molecular weight excluding hydrogens is 451 g/mol. The second-order valence-electron chi connectivity index (χ2n) is 8.84. The minimum Gasteiger partial charge on any atom is -0.503 e. The predicted molar refractivity (Wildman–Crippen MR) is 121 cm³/mol.